The van der Waals surface area contributed by atoms with Gasteiger partial charge in [0.25, 0.3) is 0 Å². The van der Waals surface area contributed by atoms with E-state index < -0.39 is 0 Å². The van der Waals surface area contributed by atoms with Crippen LogP contribution in [0.5, 0.6) is 0 Å². The van der Waals surface area contributed by atoms with Gasteiger partial charge < -0.3 is 10.4 Å². The van der Waals surface area contributed by atoms with Crippen molar-refractivity contribution in [3.63, 3.8) is 0 Å². The molecule has 1 amide bonds. The molecule has 1 aromatic rings. The number of carbonyl (C=O) groups is 1. The molecule has 4 heteroatoms. The molecule has 0 saturated carbocycles. The van der Waals surface area contributed by atoms with E-state index in [-0.39, 0.29) is 12.5 Å². The van der Waals surface area contributed by atoms with Crippen LogP contribution >= 0.6 is 11.8 Å². The lowest BCUT2D eigenvalue weighted by Gasteiger charge is -2.07. The fourth-order valence-corrected chi connectivity index (χ4v) is 2.48. The van der Waals surface area contributed by atoms with Gasteiger partial charge in [0.15, 0.2) is 0 Å². The van der Waals surface area contributed by atoms with Crippen LogP contribution in [0.3, 0.4) is 0 Å². The van der Waals surface area contributed by atoms with E-state index in [2.05, 4.69) is 37.4 Å². The molecular weight excluding hydrogens is 246 g/mol. The summed E-state index contributed by atoms with van der Waals surface area (Å²) in [5.74, 6) is 0.502. The van der Waals surface area contributed by atoms with E-state index in [1.54, 1.807) is 11.8 Å². The first-order valence-electron chi connectivity index (χ1n) is 6.21. The molecule has 0 atom stereocenters. The molecule has 0 aromatic heterocycles. The van der Waals surface area contributed by atoms with Gasteiger partial charge in [-0.2, -0.15) is 0 Å². The van der Waals surface area contributed by atoms with Crippen molar-refractivity contribution >= 4 is 17.7 Å². The van der Waals surface area contributed by atoms with Gasteiger partial charge >= 0.3 is 0 Å². The minimum absolute atomic E-state index is 0.0545. The average molecular weight is 267 g/mol. The van der Waals surface area contributed by atoms with E-state index in [0.29, 0.717) is 12.3 Å². The Kier molecular flexibility index (Phi) is 6.83. The quantitative estimate of drug-likeness (QED) is 0.588. The highest BCUT2D eigenvalue weighted by Crippen LogP contribution is 2.23. The van der Waals surface area contributed by atoms with Crippen LogP contribution in [0, 0.1) is 13.8 Å². The van der Waals surface area contributed by atoms with Crippen LogP contribution in [0.4, 0.5) is 0 Å². The van der Waals surface area contributed by atoms with Crippen molar-refractivity contribution in [1.29, 1.82) is 0 Å². The van der Waals surface area contributed by atoms with Gasteiger partial charge in [-0.05, 0) is 38.3 Å². The first-order valence-corrected chi connectivity index (χ1v) is 7.19. The fraction of sp³-hybridized carbons (Fsp3) is 0.500. The van der Waals surface area contributed by atoms with Crippen LogP contribution in [-0.4, -0.2) is 29.9 Å². The van der Waals surface area contributed by atoms with Gasteiger partial charge in [0, 0.05) is 18.0 Å². The third-order valence-electron chi connectivity index (χ3n) is 2.61. The Balaban J connectivity index is 2.31. The SMILES string of the molecule is Cc1ccc(C)c(SCC(=O)NCCCCO)c1. The number of unbranched alkanes of at least 4 members (excludes halogenated alkanes) is 1. The topological polar surface area (TPSA) is 49.3 Å². The molecule has 0 fully saturated rings. The molecule has 0 aliphatic heterocycles. The summed E-state index contributed by atoms with van der Waals surface area (Å²) in [6, 6.07) is 6.27. The largest absolute Gasteiger partial charge is 0.396 e. The molecule has 0 bridgehead atoms. The zero-order valence-corrected chi connectivity index (χ0v) is 11.8. The van der Waals surface area contributed by atoms with E-state index in [9.17, 15) is 4.79 Å². The maximum atomic E-state index is 11.6. The third kappa shape index (κ3) is 5.56. The number of nitrogens with one attached hydrogen (secondary N) is 1. The smallest absolute Gasteiger partial charge is 0.230 e. The molecule has 18 heavy (non-hydrogen) atoms. The van der Waals surface area contributed by atoms with E-state index in [4.69, 9.17) is 5.11 Å². The summed E-state index contributed by atoms with van der Waals surface area (Å²) in [6.07, 6.45) is 1.57. The average Bonchev–Trinajstić information content (AvgIpc) is 2.36. The van der Waals surface area contributed by atoms with Crippen molar-refractivity contribution < 1.29 is 9.90 Å². The highest BCUT2D eigenvalue weighted by atomic mass is 32.2. The summed E-state index contributed by atoms with van der Waals surface area (Å²) < 4.78 is 0. The Morgan fingerprint density at radius 1 is 1.33 bits per heavy atom. The molecular formula is C14H21NO2S. The van der Waals surface area contributed by atoms with Gasteiger partial charge in [-0.1, -0.05) is 17.7 Å². The van der Waals surface area contributed by atoms with Crippen LogP contribution < -0.4 is 5.32 Å². The van der Waals surface area contributed by atoms with Crippen LogP contribution in [0.2, 0.25) is 0 Å². The number of aliphatic hydroxyl groups is 1. The second-order valence-electron chi connectivity index (χ2n) is 4.34. The zero-order chi connectivity index (χ0) is 13.4. The van der Waals surface area contributed by atoms with Crippen molar-refractivity contribution in [3.8, 4) is 0 Å². The monoisotopic (exact) mass is 267 g/mol. The van der Waals surface area contributed by atoms with Gasteiger partial charge in [0.1, 0.15) is 0 Å². The number of hydrogen-bond donors (Lipinski definition) is 2. The van der Waals surface area contributed by atoms with Crippen LogP contribution in [0.1, 0.15) is 24.0 Å². The molecule has 2 N–H and O–H groups in total. The summed E-state index contributed by atoms with van der Waals surface area (Å²) in [5.41, 5.74) is 2.42. The summed E-state index contributed by atoms with van der Waals surface area (Å²) in [6.45, 7) is 4.94. The first kappa shape index (κ1) is 15.1. The van der Waals surface area contributed by atoms with Crippen molar-refractivity contribution in [1.82, 2.24) is 5.32 Å². The number of benzene rings is 1. The number of aryl methyl sites for hydroxylation is 2. The lowest BCUT2D eigenvalue weighted by atomic mass is 10.2. The Bertz CT molecular complexity index is 393. The summed E-state index contributed by atoms with van der Waals surface area (Å²) in [5, 5.41) is 11.5. The lowest BCUT2D eigenvalue weighted by molar-refractivity contribution is -0.118. The number of hydrogen-bond acceptors (Lipinski definition) is 3. The van der Waals surface area contributed by atoms with E-state index in [0.717, 1.165) is 12.8 Å². The van der Waals surface area contributed by atoms with Crippen molar-refractivity contribution in [2.75, 3.05) is 18.9 Å². The maximum absolute atomic E-state index is 11.6. The van der Waals surface area contributed by atoms with Crippen molar-refractivity contribution in [3.05, 3.63) is 29.3 Å². The Morgan fingerprint density at radius 3 is 2.83 bits per heavy atom. The van der Waals surface area contributed by atoms with Gasteiger partial charge in [-0.3, -0.25) is 4.79 Å². The second kappa shape index (κ2) is 8.16. The minimum Gasteiger partial charge on any atom is -0.396 e. The number of thioether (sulfide) groups is 1. The van der Waals surface area contributed by atoms with Crippen LogP contribution in [0.25, 0.3) is 0 Å². The first-order chi connectivity index (χ1) is 8.63. The highest BCUT2D eigenvalue weighted by molar-refractivity contribution is 8.00. The van der Waals surface area contributed by atoms with E-state index >= 15 is 0 Å². The number of amides is 1. The predicted molar refractivity (Wildman–Crippen MR) is 76.0 cm³/mol. The Hall–Kier alpha value is -1.00. The standard InChI is InChI=1S/C14H21NO2S/c1-11-5-6-12(2)13(9-11)18-10-14(17)15-7-3-4-8-16/h5-6,9,16H,3-4,7-8,10H2,1-2H3,(H,15,17). The number of aliphatic hydroxyl groups excluding tert-OH is 1. The van der Waals surface area contributed by atoms with Gasteiger partial charge in [-0.25, -0.2) is 0 Å². The van der Waals surface area contributed by atoms with Crippen molar-refractivity contribution in [2.24, 2.45) is 0 Å². The van der Waals surface area contributed by atoms with E-state index in [1.165, 1.54) is 16.0 Å². The summed E-state index contributed by atoms with van der Waals surface area (Å²) >= 11 is 1.57. The van der Waals surface area contributed by atoms with E-state index in [1.807, 2.05) is 0 Å². The second-order valence-corrected chi connectivity index (χ2v) is 5.36. The molecule has 0 spiro atoms. The van der Waals surface area contributed by atoms with Gasteiger partial charge in [0.2, 0.25) is 5.91 Å². The van der Waals surface area contributed by atoms with Gasteiger partial charge in [0.05, 0.1) is 5.75 Å². The molecule has 100 valence electrons. The molecule has 3 nitrogen and oxygen atoms in total. The third-order valence-corrected chi connectivity index (χ3v) is 3.77. The van der Waals surface area contributed by atoms with Gasteiger partial charge in [-0.15, -0.1) is 11.8 Å². The molecule has 1 rings (SSSR count). The molecule has 0 aliphatic carbocycles. The number of rotatable bonds is 7. The molecule has 0 radical (unpaired) electrons. The predicted octanol–water partition coefficient (Wildman–Crippen LogP) is 2.28. The van der Waals surface area contributed by atoms with Crippen LogP contribution in [0.15, 0.2) is 23.1 Å². The molecule has 0 heterocycles. The minimum atomic E-state index is 0.0545. The highest BCUT2D eigenvalue weighted by Gasteiger charge is 2.04. The molecule has 1 aromatic carbocycles. The molecule has 0 unspecified atom stereocenters. The maximum Gasteiger partial charge on any atom is 0.230 e. The summed E-state index contributed by atoms with van der Waals surface area (Å²) in [4.78, 5) is 12.7. The lowest BCUT2D eigenvalue weighted by Crippen LogP contribution is -2.26. The van der Waals surface area contributed by atoms with Crippen molar-refractivity contribution in [2.45, 2.75) is 31.6 Å². The Labute approximate surface area is 113 Å². The fourth-order valence-electron chi connectivity index (χ4n) is 1.52. The Morgan fingerprint density at radius 2 is 2.11 bits per heavy atom. The molecule has 0 saturated heterocycles. The zero-order valence-electron chi connectivity index (χ0n) is 11.0. The van der Waals surface area contributed by atoms with Crippen LogP contribution in [-0.2, 0) is 4.79 Å². The molecule has 0 aliphatic rings. The normalized spacial score (nSPS) is 10.4. The number of carbonyl (C=O) groups excluding carboxylic acids is 1. The summed E-state index contributed by atoms with van der Waals surface area (Å²) in [7, 11) is 0.